The van der Waals surface area contributed by atoms with Crippen molar-refractivity contribution in [3.05, 3.63) is 91.4 Å². The number of carbonyl (C=O) groups is 3. The van der Waals surface area contributed by atoms with Gasteiger partial charge in [0.25, 0.3) is 11.8 Å². The van der Waals surface area contributed by atoms with Crippen LogP contribution in [0.3, 0.4) is 0 Å². The Kier molecular flexibility index (Phi) is 8.22. The summed E-state index contributed by atoms with van der Waals surface area (Å²) < 4.78 is 12.3. The van der Waals surface area contributed by atoms with Crippen molar-refractivity contribution in [2.24, 2.45) is 0 Å². The molecule has 7 nitrogen and oxygen atoms in total. The molecule has 0 bridgehead atoms. The summed E-state index contributed by atoms with van der Waals surface area (Å²) in [6.45, 7) is 4.26. The Balaban J connectivity index is 1.66. The number of anilines is 1. The quantitative estimate of drug-likeness (QED) is 0.240. The van der Waals surface area contributed by atoms with E-state index in [9.17, 15) is 14.4 Å². The van der Waals surface area contributed by atoms with Crippen molar-refractivity contribution in [1.82, 2.24) is 5.32 Å². The summed E-state index contributed by atoms with van der Waals surface area (Å²) in [6.07, 6.45) is 1.39. The van der Waals surface area contributed by atoms with Crippen molar-refractivity contribution in [2.45, 2.75) is 20.5 Å². The minimum absolute atomic E-state index is 0.222. The number of barbiturate groups is 1. The lowest BCUT2D eigenvalue weighted by Gasteiger charge is -2.26. The molecule has 4 rings (SSSR count). The Bertz CT molecular complexity index is 1420. The molecule has 0 aromatic heterocycles. The summed E-state index contributed by atoms with van der Waals surface area (Å²) in [5, 5.41) is 3.23. The number of carbonyl (C=O) groups excluding carboxylic acids is 3. The summed E-state index contributed by atoms with van der Waals surface area (Å²) in [4.78, 5) is 39.2. The van der Waals surface area contributed by atoms with Crippen LogP contribution in [-0.4, -0.2) is 24.5 Å². The number of rotatable bonds is 7. The number of aryl methyl sites for hydroxylation is 1. The Morgan fingerprint density at radius 1 is 1.00 bits per heavy atom. The van der Waals surface area contributed by atoms with Gasteiger partial charge in [0, 0.05) is 10.0 Å². The second kappa shape index (κ2) is 11.4. The maximum atomic E-state index is 13.2. The number of hydrogen-bond donors (Lipinski definition) is 1. The smallest absolute Gasteiger partial charge is 0.335 e. The van der Waals surface area contributed by atoms with Crippen LogP contribution < -0.4 is 19.7 Å². The number of ether oxygens (including phenoxy) is 2. The molecule has 0 unspecified atom stereocenters. The Hall–Kier alpha value is -3.33. The molecule has 4 amide bonds. The fourth-order valence-electron chi connectivity index (χ4n) is 3.59. The number of nitrogens with one attached hydrogen (secondary N) is 1. The molecule has 37 heavy (non-hydrogen) atoms. The monoisotopic (exact) mass is 602 g/mol. The molecule has 190 valence electrons. The Labute approximate surface area is 232 Å². The molecular weight excluding hydrogens is 583 g/mol. The van der Waals surface area contributed by atoms with E-state index in [2.05, 4.69) is 21.2 Å². The van der Waals surface area contributed by atoms with E-state index in [4.69, 9.17) is 32.7 Å². The van der Waals surface area contributed by atoms with Gasteiger partial charge in [-0.1, -0.05) is 41.4 Å². The molecule has 0 atom stereocenters. The molecular formula is C27H21BrCl2N2O5. The lowest BCUT2D eigenvalue weighted by molar-refractivity contribution is -0.122. The molecule has 1 N–H and O–H groups in total. The van der Waals surface area contributed by atoms with Gasteiger partial charge in [-0.2, -0.15) is 0 Å². The van der Waals surface area contributed by atoms with Crippen LogP contribution >= 0.6 is 39.1 Å². The van der Waals surface area contributed by atoms with E-state index in [1.54, 1.807) is 43.3 Å². The van der Waals surface area contributed by atoms with Crippen LogP contribution in [-0.2, 0) is 16.2 Å². The highest BCUT2D eigenvalue weighted by atomic mass is 79.9. The van der Waals surface area contributed by atoms with Crippen molar-refractivity contribution < 1.29 is 23.9 Å². The first-order chi connectivity index (χ1) is 17.7. The van der Waals surface area contributed by atoms with Crippen LogP contribution in [0.15, 0.2) is 64.6 Å². The molecule has 1 fully saturated rings. The maximum absolute atomic E-state index is 13.2. The van der Waals surface area contributed by atoms with Gasteiger partial charge in [0.05, 0.1) is 16.8 Å². The van der Waals surface area contributed by atoms with Crippen LogP contribution in [0.25, 0.3) is 6.08 Å². The van der Waals surface area contributed by atoms with E-state index in [1.165, 1.54) is 12.1 Å². The average Bonchev–Trinajstić information content (AvgIpc) is 2.84. The fraction of sp³-hybridized carbons (Fsp3) is 0.148. The van der Waals surface area contributed by atoms with Crippen LogP contribution in [0.5, 0.6) is 11.5 Å². The summed E-state index contributed by atoms with van der Waals surface area (Å²) in [6, 6.07) is 14.5. The molecule has 3 aromatic carbocycles. The normalized spacial score (nSPS) is 14.7. The molecule has 1 aliphatic heterocycles. The number of halogens is 3. The first kappa shape index (κ1) is 26.7. The van der Waals surface area contributed by atoms with Gasteiger partial charge in [0.15, 0.2) is 11.5 Å². The van der Waals surface area contributed by atoms with Crippen molar-refractivity contribution >= 4 is 68.7 Å². The molecule has 10 heteroatoms. The highest BCUT2D eigenvalue weighted by Crippen LogP contribution is 2.38. The van der Waals surface area contributed by atoms with Crippen LogP contribution in [0.4, 0.5) is 10.5 Å². The van der Waals surface area contributed by atoms with Crippen molar-refractivity contribution in [3.63, 3.8) is 0 Å². The topological polar surface area (TPSA) is 84.9 Å². The summed E-state index contributed by atoms with van der Waals surface area (Å²) in [5.74, 6) is -0.698. The lowest BCUT2D eigenvalue weighted by Crippen LogP contribution is -2.54. The highest BCUT2D eigenvalue weighted by molar-refractivity contribution is 9.10. The van der Waals surface area contributed by atoms with Crippen LogP contribution in [0.2, 0.25) is 10.0 Å². The number of benzene rings is 3. The predicted molar refractivity (Wildman–Crippen MR) is 146 cm³/mol. The van der Waals surface area contributed by atoms with Gasteiger partial charge >= 0.3 is 6.03 Å². The number of urea groups is 1. The standard InChI is InChI=1S/C27H21BrCl2N2O5/c1-3-36-23-12-17(11-21(28)24(23)37-14-16-5-7-18(29)8-6-16)10-20-25(33)31-27(35)32(26(20)34)19-9-4-15(2)22(30)13-19/h4-13H,3,14H2,1-2H3,(H,31,33,35)/b20-10-. The zero-order chi connectivity index (χ0) is 26.7. The largest absolute Gasteiger partial charge is 0.490 e. The van der Waals surface area contributed by atoms with Gasteiger partial charge in [-0.25, -0.2) is 9.69 Å². The van der Waals surface area contributed by atoms with Gasteiger partial charge in [-0.3, -0.25) is 14.9 Å². The minimum Gasteiger partial charge on any atom is -0.490 e. The predicted octanol–water partition coefficient (Wildman–Crippen LogP) is 6.71. The Morgan fingerprint density at radius 2 is 1.73 bits per heavy atom. The molecule has 1 saturated heterocycles. The van der Waals surface area contributed by atoms with E-state index in [0.717, 1.165) is 16.0 Å². The third-order valence-corrected chi connectivity index (χ3v) is 6.70. The van der Waals surface area contributed by atoms with Gasteiger partial charge in [-0.15, -0.1) is 0 Å². The number of amides is 4. The molecule has 0 saturated carbocycles. The minimum atomic E-state index is -0.853. The number of hydrogen-bond acceptors (Lipinski definition) is 5. The maximum Gasteiger partial charge on any atom is 0.335 e. The highest BCUT2D eigenvalue weighted by Gasteiger charge is 2.37. The van der Waals surface area contributed by atoms with Crippen molar-refractivity contribution in [1.29, 1.82) is 0 Å². The average molecular weight is 604 g/mol. The number of nitrogens with zero attached hydrogens (tertiary/aromatic N) is 1. The molecule has 0 spiro atoms. The molecule has 3 aromatic rings. The first-order valence-electron chi connectivity index (χ1n) is 11.2. The van der Waals surface area contributed by atoms with Gasteiger partial charge < -0.3 is 9.47 Å². The zero-order valence-corrected chi connectivity index (χ0v) is 22.9. The summed E-state index contributed by atoms with van der Waals surface area (Å²) >= 11 is 15.6. The van der Waals surface area contributed by atoms with Gasteiger partial charge in [-0.05, 0) is 88.9 Å². The second-order valence-electron chi connectivity index (χ2n) is 8.07. The molecule has 0 radical (unpaired) electrons. The fourth-order valence-corrected chi connectivity index (χ4v) is 4.46. The van der Waals surface area contributed by atoms with E-state index in [-0.39, 0.29) is 17.9 Å². The third kappa shape index (κ3) is 5.98. The second-order valence-corrected chi connectivity index (χ2v) is 9.77. The third-order valence-electron chi connectivity index (χ3n) is 5.45. The summed E-state index contributed by atoms with van der Waals surface area (Å²) in [5.41, 5.74) is 2.22. The van der Waals surface area contributed by atoms with Crippen LogP contribution in [0.1, 0.15) is 23.6 Å². The van der Waals surface area contributed by atoms with E-state index in [0.29, 0.717) is 38.2 Å². The van der Waals surface area contributed by atoms with E-state index in [1.807, 2.05) is 19.1 Å². The molecule has 1 heterocycles. The molecule has 0 aliphatic carbocycles. The first-order valence-corrected chi connectivity index (χ1v) is 12.7. The van der Waals surface area contributed by atoms with Gasteiger partial charge in [0.1, 0.15) is 12.2 Å². The molecule has 1 aliphatic rings. The van der Waals surface area contributed by atoms with E-state index < -0.39 is 17.8 Å². The lowest BCUT2D eigenvalue weighted by atomic mass is 10.1. The number of imide groups is 2. The van der Waals surface area contributed by atoms with Crippen LogP contribution in [0, 0.1) is 6.92 Å². The van der Waals surface area contributed by atoms with Gasteiger partial charge in [0.2, 0.25) is 0 Å². The van der Waals surface area contributed by atoms with Crippen molar-refractivity contribution in [3.8, 4) is 11.5 Å². The summed E-state index contributed by atoms with van der Waals surface area (Å²) in [7, 11) is 0. The SMILES string of the molecule is CCOc1cc(/C=C2/C(=O)NC(=O)N(c3ccc(C)c(Cl)c3)C2=O)cc(Br)c1OCc1ccc(Cl)cc1. The Morgan fingerprint density at radius 3 is 2.41 bits per heavy atom. The van der Waals surface area contributed by atoms with E-state index >= 15 is 0 Å². The zero-order valence-electron chi connectivity index (χ0n) is 19.8. The van der Waals surface area contributed by atoms with Crippen molar-refractivity contribution in [2.75, 3.05) is 11.5 Å².